The smallest absolute Gasteiger partial charge is 0.227 e. The Balaban J connectivity index is 1.25. The second kappa shape index (κ2) is 12.1. The monoisotopic (exact) mass is 514 g/mol. The zero-order chi connectivity index (χ0) is 26.3. The van der Waals surface area contributed by atoms with E-state index in [0.717, 1.165) is 60.9 Å². The molecule has 1 atom stereocenters. The third-order valence-corrected chi connectivity index (χ3v) is 6.64. The van der Waals surface area contributed by atoms with Gasteiger partial charge in [0.15, 0.2) is 0 Å². The van der Waals surface area contributed by atoms with E-state index in [2.05, 4.69) is 56.3 Å². The molecule has 10 heteroatoms. The lowest BCUT2D eigenvalue weighted by molar-refractivity contribution is 0.0365. The van der Waals surface area contributed by atoms with Crippen LogP contribution in [0.3, 0.4) is 0 Å². The van der Waals surface area contributed by atoms with Crippen molar-refractivity contribution in [1.29, 1.82) is 0 Å². The second-order valence-corrected chi connectivity index (χ2v) is 9.32. The van der Waals surface area contributed by atoms with Gasteiger partial charge in [0, 0.05) is 93.7 Å². The molecule has 1 saturated heterocycles. The number of nitrogens with one attached hydrogen (secondary N) is 1. The molecule has 1 aromatic carbocycles. The van der Waals surface area contributed by atoms with Crippen molar-refractivity contribution in [1.82, 2.24) is 29.6 Å². The number of hydrogen-bond donors (Lipinski definition) is 2. The summed E-state index contributed by atoms with van der Waals surface area (Å²) < 4.78 is 6.95. The van der Waals surface area contributed by atoms with Gasteiger partial charge in [0.25, 0.3) is 0 Å². The first kappa shape index (κ1) is 25.8. The fourth-order valence-corrected chi connectivity index (χ4v) is 4.67. The van der Waals surface area contributed by atoms with Crippen LogP contribution in [0.5, 0.6) is 0 Å². The zero-order valence-corrected chi connectivity index (χ0v) is 21.9. The molecule has 1 fully saturated rings. The summed E-state index contributed by atoms with van der Waals surface area (Å²) in [6.45, 7) is 7.51. The highest BCUT2D eigenvalue weighted by Gasteiger charge is 2.20. The highest BCUT2D eigenvalue weighted by Crippen LogP contribution is 2.30. The van der Waals surface area contributed by atoms with E-state index in [9.17, 15) is 5.11 Å². The molecule has 0 bridgehead atoms. The molecule has 4 heterocycles. The largest absolute Gasteiger partial charge is 0.389 e. The lowest BCUT2D eigenvalue weighted by Crippen LogP contribution is -2.49. The van der Waals surface area contributed by atoms with Gasteiger partial charge in [-0.2, -0.15) is 5.10 Å². The van der Waals surface area contributed by atoms with E-state index in [1.165, 1.54) is 5.69 Å². The van der Waals surface area contributed by atoms with E-state index in [1.54, 1.807) is 19.5 Å². The van der Waals surface area contributed by atoms with E-state index in [-0.39, 0.29) is 0 Å². The van der Waals surface area contributed by atoms with Crippen LogP contribution < -0.4 is 10.2 Å². The number of pyridine rings is 1. The second-order valence-electron chi connectivity index (χ2n) is 9.32. The highest BCUT2D eigenvalue weighted by atomic mass is 16.5. The maximum absolute atomic E-state index is 9.99. The van der Waals surface area contributed by atoms with Crippen molar-refractivity contribution < 1.29 is 9.84 Å². The molecule has 38 heavy (non-hydrogen) atoms. The van der Waals surface area contributed by atoms with E-state index in [4.69, 9.17) is 14.8 Å². The summed E-state index contributed by atoms with van der Waals surface area (Å²) in [5.41, 5.74) is 5.63. The Hall–Kier alpha value is -3.86. The Morgan fingerprint density at radius 1 is 1.05 bits per heavy atom. The Bertz CT molecular complexity index is 1300. The van der Waals surface area contributed by atoms with Crippen LogP contribution in [0, 0.1) is 0 Å². The van der Waals surface area contributed by atoms with E-state index in [0.29, 0.717) is 19.1 Å². The number of aliphatic hydroxyl groups excluding tert-OH is 1. The minimum absolute atomic E-state index is 0.370. The fourth-order valence-electron chi connectivity index (χ4n) is 4.67. The Labute approximate surface area is 222 Å². The average Bonchev–Trinajstić information content (AvgIpc) is 3.40. The molecule has 2 N–H and O–H groups in total. The van der Waals surface area contributed by atoms with Gasteiger partial charge < -0.3 is 20.1 Å². The van der Waals surface area contributed by atoms with E-state index < -0.39 is 6.10 Å². The zero-order valence-electron chi connectivity index (χ0n) is 21.9. The third-order valence-electron chi connectivity index (χ3n) is 6.64. The number of benzene rings is 1. The number of nitrogens with zero attached hydrogens (tertiary/aromatic N) is 7. The number of rotatable bonds is 10. The standard InChI is InChI=1S/C28H34N8O2/c1-3-36-19-25(27(33-36)21-5-4-11-29-17-21)26-10-12-30-28(32-26)31-22-6-8-23(9-7-22)35-15-13-34(14-16-35)18-24(37)20-38-2/h4-12,17,19,24,37H,3,13-16,18,20H2,1-2H3,(H,30,31,32). The Morgan fingerprint density at radius 3 is 2.58 bits per heavy atom. The third kappa shape index (κ3) is 6.16. The Morgan fingerprint density at radius 2 is 1.87 bits per heavy atom. The molecule has 4 aromatic rings. The average molecular weight is 515 g/mol. The first-order chi connectivity index (χ1) is 18.6. The number of β-amino-alcohol motifs (C(OH)–C–C–N with tert-alkyl or cyclic N) is 1. The SMILES string of the molecule is CCn1cc(-c2ccnc(Nc3ccc(N4CCN(CC(O)COC)CC4)cc3)n2)c(-c2cccnc2)n1. The summed E-state index contributed by atoms with van der Waals surface area (Å²) in [6.07, 6.45) is 6.91. The van der Waals surface area contributed by atoms with Gasteiger partial charge in [-0.15, -0.1) is 0 Å². The molecule has 0 aliphatic carbocycles. The summed E-state index contributed by atoms with van der Waals surface area (Å²) in [6, 6.07) is 14.2. The van der Waals surface area contributed by atoms with Crippen LogP contribution in [0.1, 0.15) is 6.92 Å². The van der Waals surface area contributed by atoms with Crippen molar-refractivity contribution in [3.63, 3.8) is 0 Å². The van der Waals surface area contributed by atoms with Gasteiger partial charge in [-0.3, -0.25) is 14.6 Å². The summed E-state index contributed by atoms with van der Waals surface area (Å²) in [5.74, 6) is 0.528. The topological polar surface area (TPSA) is 104 Å². The van der Waals surface area contributed by atoms with Gasteiger partial charge in [0.1, 0.15) is 5.69 Å². The summed E-state index contributed by atoms with van der Waals surface area (Å²) in [7, 11) is 1.62. The van der Waals surface area contributed by atoms with Gasteiger partial charge in [0.2, 0.25) is 5.95 Å². The van der Waals surface area contributed by atoms with E-state index >= 15 is 0 Å². The summed E-state index contributed by atoms with van der Waals surface area (Å²) in [4.78, 5) is 18.1. The predicted molar refractivity (Wildman–Crippen MR) is 148 cm³/mol. The highest BCUT2D eigenvalue weighted by molar-refractivity contribution is 5.78. The van der Waals surface area contributed by atoms with Crippen LogP contribution in [0.25, 0.3) is 22.5 Å². The first-order valence-electron chi connectivity index (χ1n) is 13.0. The molecule has 10 nitrogen and oxygen atoms in total. The predicted octanol–water partition coefficient (Wildman–Crippen LogP) is 3.29. The van der Waals surface area contributed by atoms with Gasteiger partial charge in [0.05, 0.1) is 18.4 Å². The van der Waals surface area contributed by atoms with Gasteiger partial charge in [-0.1, -0.05) is 0 Å². The number of hydrogen-bond acceptors (Lipinski definition) is 9. The van der Waals surface area contributed by atoms with Crippen molar-refractivity contribution >= 4 is 17.3 Å². The number of anilines is 3. The molecule has 198 valence electrons. The maximum Gasteiger partial charge on any atom is 0.227 e. The quantitative estimate of drug-likeness (QED) is 0.330. The van der Waals surface area contributed by atoms with E-state index in [1.807, 2.05) is 35.3 Å². The van der Waals surface area contributed by atoms with Crippen molar-refractivity contribution in [3.05, 3.63) is 67.3 Å². The van der Waals surface area contributed by atoms with Crippen LogP contribution in [-0.2, 0) is 11.3 Å². The summed E-state index contributed by atoms with van der Waals surface area (Å²) in [5, 5.41) is 18.1. The van der Waals surface area contributed by atoms with Crippen molar-refractivity contribution in [3.8, 4) is 22.5 Å². The number of piperazine rings is 1. The fraction of sp³-hybridized carbons (Fsp3) is 0.357. The minimum atomic E-state index is -0.442. The maximum atomic E-state index is 9.99. The molecular weight excluding hydrogens is 480 g/mol. The minimum Gasteiger partial charge on any atom is -0.389 e. The lowest BCUT2D eigenvalue weighted by atomic mass is 10.1. The molecule has 5 rings (SSSR count). The van der Waals surface area contributed by atoms with Crippen LogP contribution in [0.15, 0.2) is 67.3 Å². The molecule has 1 aliphatic rings. The number of aromatic nitrogens is 5. The molecule has 1 aliphatic heterocycles. The van der Waals surface area contributed by atoms with Gasteiger partial charge in [-0.05, 0) is 49.4 Å². The Kier molecular flexibility index (Phi) is 8.22. The van der Waals surface area contributed by atoms with Crippen LogP contribution in [0.2, 0.25) is 0 Å². The number of aliphatic hydroxyl groups is 1. The molecule has 0 spiro atoms. The molecule has 3 aromatic heterocycles. The molecular formula is C28H34N8O2. The van der Waals surface area contributed by atoms with Crippen LogP contribution in [-0.4, -0.2) is 87.3 Å². The molecule has 0 saturated carbocycles. The molecule has 0 amide bonds. The normalized spacial score (nSPS) is 15.0. The van der Waals surface area contributed by atoms with Crippen LogP contribution in [0.4, 0.5) is 17.3 Å². The number of ether oxygens (including phenoxy) is 1. The first-order valence-corrected chi connectivity index (χ1v) is 13.0. The molecule has 0 radical (unpaired) electrons. The summed E-state index contributed by atoms with van der Waals surface area (Å²) >= 11 is 0. The number of methoxy groups -OCH3 is 1. The number of aryl methyl sites for hydroxylation is 1. The van der Waals surface area contributed by atoms with Crippen molar-refractivity contribution in [2.24, 2.45) is 0 Å². The van der Waals surface area contributed by atoms with Crippen LogP contribution >= 0.6 is 0 Å². The van der Waals surface area contributed by atoms with Gasteiger partial charge >= 0.3 is 0 Å². The van der Waals surface area contributed by atoms with Gasteiger partial charge in [-0.25, -0.2) is 9.97 Å². The van der Waals surface area contributed by atoms with Crippen molar-refractivity contribution in [2.45, 2.75) is 19.6 Å². The van der Waals surface area contributed by atoms with Crippen molar-refractivity contribution in [2.75, 3.05) is 56.7 Å². The molecule has 1 unspecified atom stereocenters. The lowest BCUT2D eigenvalue weighted by Gasteiger charge is -2.36.